The van der Waals surface area contributed by atoms with Crippen LogP contribution in [0.5, 0.6) is 0 Å². The second-order valence-corrected chi connectivity index (χ2v) is 8.91. The Morgan fingerprint density at radius 2 is 1.96 bits per heavy atom. The van der Waals surface area contributed by atoms with Gasteiger partial charge in [0.05, 0.1) is 5.69 Å². The number of piperidine rings is 1. The van der Waals surface area contributed by atoms with Crippen LogP contribution in [0.3, 0.4) is 0 Å². The van der Waals surface area contributed by atoms with Crippen molar-refractivity contribution in [2.75, 3.05) is 18.4 Å². The minimum Gasteiger partial charge on any atom is -0.365 e. The largest absolute Gasteiger partial charge is 0.365 e. The molecule has 2 amide bonds. The summed E-state index contributed by atoms with van der Waals surface area (Å²) < 4.78 is 2.12. The number of rotatable bonds is 3. The summed E-state index contributed by atoms with van der Waals surface area (Å²) in [5, 5.41) is 6.42. The van der Waals surface area contributed by atoms with Crippen molar-refractivity contribution < 1.29 is 9.59 Å². The fourth-order valence-electron chi connectivity index (χ4n) is 4.17. The molecule has 0 aliphatic carbocycles. The number of nitrogens with zero attached hydrogens (tertiary/aromatic N) is 3. The van der Waals surface area contributed by atoms with E-state index in [2.05, 4.69) is 35.8 Å². The Hall–Kier alpha value is -2.57. The van der Waals surface area contributed by atoms with Crippen molar-refractivity contribution in [1.29, 1.82) is 0 Å². The molecule has 150 valence electrons. The second kappa shape index (κ2) is 7.11. The van der Waals surface area contributed by atoms with Crippen LogP contribution in [-0.2, 0) is 9.59 Å². The zero-order chi connectivity index (χ0) is 19.9. The number of anilines is 1. The Balaban J connectivity index is 1.51. The quantitative estimate of drug-likeness (QED) is 0.854. The number of aromatic nitrogens is 2. The third kappa shape index (κ3) is 3.70. The first kappa shape index (κ1) is 18.8. The van der Waals surface area contributed by atoms with Crippen LogP contribution in [0.1, 0.15) is 58.1 Å². The summed E-state index contributed by atoms with van der Waals surface area (Å²) in [6.07, 6.45) is 4.88. The first-order valence-electron chi connectivity index (χ1n) is 10.1. The van der Waals surface area contributed by atoms with Gasteiger partial charge in [0.15, 0.2) is 0 Å². The molecular formula is C21H29N5O2. The van der Waals surface area contributed by atoms with Crippen LogP contribution in [-0.4, -0.2) is 50.8 Å². The molecule has 28 heavy (non-hydrogen) atoms. The van der Waals surface area contributed by atoms with Crippen molar-refractivity contribution in [3.05, 3.63) is 30.1 Å². The Labute approximate surface area is 165 Å². The van der Waals surface area contributed by atoms with Crippen molar-refractivity contribution in [1.82, 2.24) is 19.6 Å². The van der Waals surface area contributed by atoms with Gasteiger partial charge in [-0.15, -0.1) is 0 Å². The molecule has 2 fully saturated rings. The lowest BCUT2D eigenvalue weighted by Gasteiger charge is -2.33. The zero-order valence-electron chi connectivity index (χ0n) is 16.9. The van der Waals surface area contributed by atoms with Gasteiger partial charge in [-0.3, -0.25) is 14.0 Å². The number of fused-ring (bicyclic) bond motifs is 1. The van der Waals surface area contributed by atoms with Gasteiger partial charge in [-0.1, -0.05) is 6.07 Å². The van der Waals surface area contributed by atoms with E-state index in [9.17, 15) is 9.59 Å². The molecule has 0 saturated carbocycles. The normalized spacial score (nSPS) is 21.2. The predicted molar refractivity (Wildman–Crippen MR) is 108 cm³/mol. The zero-order valence-corrected chi connectivity index (χ0v) is 16.9. The summed E-state index contributed by atoms with van der Waals surface area (Å²) in [5.74, 6) is 1.41. The standard InChI is InChI=1S/C21H29N5O2/c1-21(2,3)24-19-18(23-16-6-4-5-11-26(16)19)14-9-12-25(13-10-14)20(28)15-7-8-17(27)22-15/h4-6,11,14-15,24H,7-10,12-13H2,1-3H3,(H,22,27)/t15-/m1/s1. The SMILES string of the molecule is CC(C)(C)Nc1c(C2CCN(C(=O)[C@H]3CCC(=O)N3)CC2)nc2ccccn12. The highest BCUT2D eigenvalue weighted by molar-refractivity contribution is 5.90. The molecule has 7 heteroatoms. The van der Waals surface area contributed by atoms with Crippen molar-refractivity contribution in [2.45, 2.75) is 64.0 Å². The van der Waals surface area contributed by atoms with Crippen LogP contribution in [0.2, 0.25) is 0 Å². The summed E-state index contributed by atoms with van der Waals surface area (Å²) in [4.78, 5) is 30.9. The number of carbonyl (C=O) groups excluding carboxylic acids is 2. The van der Waals surface area contributed by atoms with E-state index in [1.807, 2.05) is 29.3 Å². The van der Waals surface area contributed by atoms with Crippen molar-refractivity contribution >= 4 is 23.3 Å². The Morgan fingerprint density at radius 3 is 2.61 bits per heavy atom. The number of hydrogen-bond acceptors (Lipinski definition) is 4. The Bertz CT molecular complexity index is 890. The molecule has 2 saturated heterocycles. The molecule has 7 nitrogen and oxygen atoms in total. The second-order valence-electron chi connectivity index (χ2n) is 8.91. The molecule has 0 unspecified atom stereocenters. The molecule has 2 aromatic heterocycles. The van der Waals surface area contributed by atoms with Crippen LogP contribution in [0.15, 0.2) is 24.4 Å². The number of carbonyl (C=O) groups is 2. The smallest absolute Gasteiger partial charge is 0.245 e. The Morgan fingerprint density at radius 1 is 1.21 bits per heavy atom. The van der Waals surface area contributed by atoms with Gasteiger partial charge in [0.1, 0.15) is 17.5 Å². The number of nitrogens with one attached hydrogen (secondary N) is 2. The van der Waals surface area contributed by atoms with Gasteiger partial charge in [0.25, 0.3) is 0 Å². The third-order valence-electron chi connectivity index (χ3n) is 5.54. The van der Waals surface area contributed by atoms with Crippen molar-refractivity contribution in [2.24, 2.45) is 0 Å². The van der Waals surface area contributed by atoms with Crippen LogP contribution in [0.4, 0.5) is 5.82 Å². The molecule has 0 radical (unpaired) electrons. The lowest BCUT2D eigenvalue weighted by molar-refractivity contribution is -0.135. The average molecular weight is 383 g/mol. The maximum absolute atomic E-state index is 12.7. The summed E-state index contributed by atoms with van der Waals surface area (Å²) in [5.41, 5.74) is 1.96. The number of pyridine rings is 1. The van der Waals surface area contributed by atoms with Gasteiger partial charge in [0, 0.05) is 37.2 Å². The van der Waals surface area contributed by atoms with Crippen LogP contribution in [0, 0.1) is 0 Å². The molecule has 2 N–H and O–H groups in total. The fraction of sp³-hybridized carbons (Fsp3) is 0.571. The highest BCUT2D eigenvalue weighted by atomic mass is 16.2. The number of hydrogen-bond donors (Lipinski definition) is 2. The third-order valence-corrected chi connectivity index (χ3v) is 5.54. The Kier molecular flexibility index (Phi) is 4.77. The monoisotopic (exact) mass is 383 g/mol. The molecule has 1 atom stereocenters. The highest BCUT2D eigenvalue weighted by Crippen LogP contribution is 2.34. The maximum atomic E-state index is 12.7. The topological polar surface area (TPSA) is 78.7 Å². The van der Waals surface area contributed by atoms with E-state index in [0.717, 1.165) is 30.0 Å². The average Bonchev–Trinajstić information content (AvgIpc) is 3.24. The van der Waals surface area contributed by atoms with E-state index in [-0.39, 0.29) is 23.4 Å². The summed E-state index contributed by atoms with van der Waals surface area (Å²) >= 11 is 0. The first-order chi connectivity index (χ1) is 13.3. The molecule has 2 aliphatic heterocycles. The van der Waals surface area contributed by atoms with Gasteiger partial charge >= 0.3 is 0 Å². The molecule has 2 aliphatic rings. The molecular weight excluding hydrogens is 354 g/mol. The lowest BCUT2D eigenvalue weighted by Crippen LogP contribution is -2.47. The maximum Gasteiger partial charge on any atom is 0.245 e. The molecule has 0 bridgehead atoms. The minimum absolute atomic E-state index is 0.0177. The van der Waals surface area contributed by atoms with E-state index in [1.54, 1.807) is 0 Å². The highest BCUT2D eigenvalue weighted by Gasteiger charge is 2.34. The van der Waals surface area contributed by atoms with Crippen molar-refractivity contribution in [3.63, 3.8) is 0 Å². The number of likely N-dealkylation sites (tertiary alicyclic amines) is 1. The van der Waals surface area contributed by atoms with E-state index >= 15 is 0 Å². The molecule has 0 spiro atoms. The lowest BCUT2D eigenvalue weighted by atomic mass is 9.92. The van der Waals surface area contributed by atoms with E-state index in [1.165, 1.54) is 0 Å². The first-order valence-corrected chi connectivity index (χ1v) is 10.1. The van der Waals surface area contributed by atoms with Crippen LogP contribution in [0.25, 0.3) is 5.65 Å². The molecule has 2 aromatic rings. The van der Waals surface area contributed by atoms with Gasteiger partial charge in [-0.25, -0.2) is 4.98 Å². The molecule has 4 heterocycles. The number of imidazole rings is 1. The van der Waals surface area contributed by atoms with Crippen molar-refractivity contribution in [3.8, 4) is 0 Å². The minimum atomic E-state index is -0.336. The van der Waals surface area contributed by atoms with Crippen LogP contribution >= 0.6 is 0 Å². The van der Waals surface area contributed by atoms with Gasteiger partial charge in [-0.05, 0) is 52.2 Å². The van der Waals surface area contributed by atoms with E-state index in [4.69, 9.17) is 4.98 Å². The summed E-state index contributed by atoms with van der Waals surface area (Å²) in [7, 11) is 0. The predicted octanol–water partition coefficient (Wildman–Crippen LogP) is 2.53. The molecule has 4 rings (SSSR count). The number of amides is 2. The van der Waals surface area contributed by atoms with Gasteiger partial charge < -0.3 is 15.5 Å². The fourth-order valence-corrected chi connectivity index (χ4v) is 4.17. The van der Waals surface area contributed by atoms with E-state index in [0.29, 0.717) is 31.8 Å². The van der Waals surface area contributed by atoms with Gasteiger partial charge in [0.2, 0.25) is 11.8 Å². The summed E-state index contributed by atoms with van der Waals surface area (Å²) in [6, 6.07) is 5.71. The van der Waals surface area contributed by atoms with Crippen LogP contribution < -0.4 is 10.6 Å². The van der Waals surface area contributed by atoms with E-state index < -0.39 is 0 Å². The van der Waals surface area contributed by atoms with Gasteiger partial charge in [-0.2, -0.15) is 0 Å². The summed E-state index contributed by atoms with van der Waals surface area (Å²) in [6.45, 7) is 7.86. The molecule has 0 aromatic carbocycles.